The standard InChI is InChI=1S/C30H40O6Si2/c1-29(2,35-37(5,6)7)27(33)21-15-13-19-11-12-20-14-16-22(28(34)30(3,4)36-38(8,9)10)18-24(20)26(32)25(31)23(19)17-21/h13-18H,11-12H2,1-10H3. The van der Waals surface area contributed by atoms with Crippen LogP contribution in [0.5, 0.6) is 0 Å². The summed E-state index contributed by atoms with van der Waals surface area (Å²) in [5.41, 5.74) is 0.466. The maximum Gasteiger partial charge on any atom is 0.233 e. The Morgan fingerprint density at radius 2 is 0.947 bits per heavy atom. The molecule has 0 spiro atoms. The van der Waals surface area contributed by atoms with E-state index in [0.29, 0.717) is 24.0 Å². The highest BCUT2D eigenvalue weighted by atomic mass is 28.4. The van der Waals surface area contributed by atoms with Crippen LogP contribution in [0.4, 0.5) is 0 Å². The van der Waals surface area contributed by atoms with Crippen LogP contribution < -0.4 is 0 Å². The number of ketones is 4. The zero-order valence-corrected chi connectivity index (χ0v) is 26.3. The third kappa shape index (κ3) is 6.72. The largest absolute Gasteiger partial charge is 0.405 e. The number of carbonyl (C=O) groups excluding carboxylic acids is 4. The van der Waals surface area contributed by atoms with Crippen molar-refractivity contribution in [3.05, 3.63) is 69.8 Å². The van der Waals surface area contributed by atoms with Gasteiger partial charge in [-0.15, -0.1) is 0 Å². The maximum absolute atomic E-state index is 13.5. The van der Waals surface area contributed by atoms with Crippen molar-refractivity contribution >= 4 is 39.8 Å². The van der Waals surface area contributed by atoms with Gasteiger partial charge in [-0.1, -0.05) is 24.3 Å². The number of rotatable bonds is 8. The molecule has 0 heterocycles. The Balaban J connectivity index is 1.98. The van der Waals surface area contributed by atoms with Gasteiger partial charge in [-0.3, -0.25) is 19.2 Å². The molecule has 3 rings (SSSR count). The van der Waals surface area contributed by atoms with E-state index < -0.39 is 39.4 Å². The molecular weight excluding hydrogens is 512 g/mol. The molecule has 2 aromatic rings. The van der Waals surface area contributed by atoms with Gasteiger partial charge in [0.1, 0.15) is 11.2 Å². The van der Waals surface area contributed by atoms with Gasteiger partial charge < -0.3 is 8.85 Å². The normalized spacial score (nSPS) is 14.9. The summed E-state index contributed by atoms with van der Waals surface area (Å²) in [6.07, 6.45) is 1.06. The molecule has 0 fully saturated rings. The van der Waals surface area contributed by atoms with Crippen molar-refractivity contribution in [2.75, 3.05) is 0 Å². The molecule has 1 aliphatic rings. The van der Waals surface area contributed by atoms with Crippen LogP contribution in [0, 0.1) is 0 Å². The number of aryl methyl sites for hydroxylation is 2. The maximum atomic E-state index is 13.5. The van der Waals surface area contributed by atoms with E-state index in [1.54, 1.807) is 52.0 Å². The van der Waals surface area contributed by atoms with Crippen molar-refractivity contribution in [2.45, 2.75) is 91.0 Å². The molecular formula is C30H40O6Si2. The van der Waals surface area contributed by atoms with Crippen molar-refractivity contribution < 1.29 is 28.0 Å². The molecule has 0 bridgehead atoms. The fourth-order valence-electron chi connectivity index (χ4n) is 5.13. The quantitative estimate of drug-likeness (QED) is 0.212. The summed E-state index contributed by atoms with van der Waals surface area (Å²) in [5.74, 6) is -1.82. The van der Waals surface area contributed by atoms with Crippen LogP contribution in [-0.4, -0.2) is 51.0 Å². The second-order valence-electron chi connectivity index (χ2n) is 13.0. The highest BCUT2D eigenvalue weighted by Gasteiger charge is 2.37. The summed E-state index contributed by atoms with van der Waals surface area (Å²) < 4.78 is 12.2. The van der Waals surface area contributed by atoms with Crippen molar-refractivity contribution in [1.29, 1.82) is 0 Å². The van der Waals surface area contributed by atoms with Crippen LogP contribution in [0.15, 0.2) is 36.4 Å². The predicted octanol–water partition coefficient (Wildman–Crippen LogP) is 6.48. The Hall–Kier alpha value is -2.53. The first-order valence-electron chi connectivity index (χ1n) is 13.1. The number of hydrogen-bond donors (Lipinski definition) is 0. The molecule has 0 unspecified atom stereocenters. The monoisotopic (exact) mass is 552 g/mol. The van der Waals surface area contributed by atoms with Gasteiger partial charge in [-0.2, -0.15) is 0 Å². The first-order chi connectivity index (χ1) is 17.2. The summed E-state index contributed by atoms with van der Waals surface area (Å²) >= 11 is 0. The van der Waals surface area contributed by atoms with Gasteiger partial charge in [0.15, 0.2) is 28.2 Å². The smallest absolute Gasteiger partial charge is 0.233 e. The van der Waals surface area contributed by atoms with Crippen LogP contribution in [0.1, 0.15) is 80.3 Å². The molecule has 204 valence electrons. The Labute approximate surface area is 228 Å². The average Bonchev–Trinajstić information content (AvgIpc) is 2.77. The molecule has 6 nitrogen and oxygen atoms in total. The number of benzene rings is 2. The lowest BCUT2D eigenvalue weighted by Gasteiger charge is -2.32. The molecule has 0 amide bonds. The summed E-state index contributed by atoms with van der Waals surface area (Å²) in [6.45, 7) is 19.0. The third-order valence-corrected chi connectivity index (χ3v) is 8.56. The molecule has 0 aromatic heterocycles. The van der Waals surface area contributed by atoms with Crippen LogP contribution in [-0.2, 0) is 21.7 Å². The molecule has 0 saturated heterocycles. The SMILES string of the molecule is CC(C)(O[Si](C)(C)C)C(=O)c1ccc2c(c1)C(=O)C(=O)c1cc(C(=O)C(C)(C)O[Si](C)(C)C)ccc1CC2. The van der Waals surface area contributed by atoms with Gasteiger partial charge in [0, 0.05) is 22.3 Å². The summed E-state index contributed by atoms with van der Waals surface area (Å²) in [6, 6.07) is 9.99. The highest BCUT2D eigenvalue weighted by Crippen LogP contribution is 2.29. The second-order valence-corrected chi connectivity index (χ2v) is 21.9. The number of carbonyl (C=O) groups is 4. The molecule has 8 heteroatoms. The topological polar surface area (TPSA) is 86.7 Å². The molecule has 38 heavy (non-hydrogen) atoms. The van der Waals surface area contributed by atoms with E-state index in [9.17, 15) is 19.2 Å². The van der Waals surface area contributed by atoms with Crippen molar-refractivity contribution in [3.63, 3.8) is 0 Å². The molecule has 1 aliphatic carbocycles. The number of Topliss-reactive ketones (excluding diaryl/α,β-unsaturated/α-hetero) is 4. The molecule has 0 aliphatic heterocycles. The first kappa shape index (κ1) is 30.0. The molecule has 0 saturated carbocycles. The predicted molar refractivity (Wildman–Crippen MR) is 155 cm³/mol. The van der Waals surface area contributed by atoms with Gasteiger partial charge >= 0.3 is 0 Å². The minimum atomic E-state index is -2.01. The lowest BCUT2D eigenvalue weighted by molar-refractivity contribution is 0.0556. The molecule has 2 aromatic carbocycles. The van der Waals surface area contributed by atoms with Crippen molar-refractivity contribution in [2.24, 2.45) is 0 Å². The van der Waals surface area contributed by atoms with Gasteiger partial charge in [-0.05, 0) is 103 Å². The number of hydrogen-bond acceptors (Lipinski definition) is 6. The third-order valence-electron chi connectivity index (χ3n) is 6.32. The Bertz CT molecular complexity index is 1210. The minimum Gasteiger partial charge on any atom is -0.405 e. The van der Waals surface area contributed by atoms with Crippen molar-refractivity contribution in [3.8, 4) is 0 Å². The molecule has 0 atom stereocenters. The van der Waals surface area contributed by atoms with E-state index >= 15 is 0 Å². The van der Waals surface area contributed by atoms with Gasteiger partial charge in [0.2, 0.25) is 11.6 Å². The van der Waals surface area contributed by atoms with Crippen LogP contribution >= 0.6 is 0 Å². The lowest BCUT2D eigenvalue weighted by Crippen LogP contribution is -2.44. The van der Waals surface area contributed by atoms with E-state index in [0.717, 1.165) is 11.1 Å². The Morgan fingerprint density at radius 1 is 0.632 bits per heavy atom. The summed E-state index contributed by atoms with van der Waals surface area (Å²) in [4.78, 5) is 53.6. The molecule has 0 N–H and O–H groups in total. The average molecular weight is 553 g/mol. The zero-order valence-electron chi connectivity index (χ0n) is 24.3. The fraction of sp³-hybridized carbons (Fsp3) is 0.467. The highest BCUT2D eigenvalue weighted by molar-refractivity contribution is 6.70. The Kier molecular flexibility index (Phi) is 8.08. The van der Waals surface area contributed by atoms with E-state index in [-0.39, 0.29) is 22.7 Å². The second kappa shape index (κ2) is 10.2. The van der Waals surface area contributed by atoms with E-state index in [1.165, 1.54) is 12.1 Å². The van der Waals surface area contributed by atoms with Crippen LogP contribution in [0.25, 0.3) is 0 Å². The minimum absolute atomic E-state index is 0.231. The number of fused-ring (bicyclic) bond motifs is 2. The van der Waals surface area contributed by atoms with E-state index in [1.807, 2.05) is 39.3 Å². The van der Waals surface area contributed by atoms with Crippen molar-refractivity contribution in [1.82, 2.24) is 0 Å². The van der Waals surface area contributed by atoms with Gasteiger partial charge in [0.25, 0.3) is 0 Å². The van der Waals surface area contributed by atoms with E-state index in [2.05, 4.69) is 0 Å². The van der Waals surface area contributed by atoms with Gasteiger partial charge in [-0.25, -0.2) is 0 Å². The first-order valence-corrected chi connectivity index (χ1v) is 19.9. The zero-order chi connectivity index (χ0) is 28.8. The Morgan fingerprint density at radius 3 is 1.24 bits per heavy atom. The van der Waals surface area contributed by atoms with Crippen LogP contribution in [0.2, 0.25) is 39.3 Å². The fourth-order valence-corrected chi connectivity index (χ4v) is 8.37. The molecule has 0 radical (unpaired) electrons. The summed E-state index contributed by atoms with van der Waals surface area (Å²) in [5, 5.41) is 0. The van der Waals surface area contributed by atoms with E-state index in [4.69, 9.17) is 8.85 Å². The van der Waals surface area contributed by atoms with Crippen LogP contribution in [0.3, 0.4) is 0 Å². The summed E-state index contributed by atoms with van der Waals surface area (Å²) in [7, 11) is -4.03. The lowest BCUT2D eigenvalue weighted by atomic mass is 9.84. The van der Waals surface area contributed by atoms with Gasteiger partial charge in [0.05, 0.1) is 0 Å².